The van der Waals surface area contributed by atoms with Gasteiger partial charge in [-0.2, -0.15) is 0 Å². The second-order valence-electron chi connectivity index (χ2n) is 9.09. The maximum Gasteiger partial charge on any atom is 0.305 e. The van der Waals surface area contributed by atoms with Crippen LogP contribution in [0.1, 0.15) is 35.6 Å². The highest BCUT2D eigenvalue weighted by molar-refractivity contribution is 8.00. The molecule has 170 valence electrons. The number of thiazole rings is 1. The summed E-state index contributed by atoms with van der Waals surface area (Å²) in [6.07, 6.45) is 3.91. The van der Waals surface area contributed by atoms with Gasteiger partial charge in [-0.1, -0.05) is 23.5 Å². The van der Waals surface area contributed by atoms with Crippen molar-refractivity contribution in [3.63, 3.8) is 0 Å². The Labute approximate surface area is 198 Å². The molecular formula is C25H23FN2O3S2. The number of nitrogens with one attached hydrogen (secondary N) is 2. The van der Waals surface area contributed by atoms with Crippen molar-refractivity contribution in [2.45, 2.75) is 35.5 Å². The smallest absolute Gasteiger partial charge is 0.305 e. The molecule has 1 aromatic heterocycles. The lowest BCUT2D eigenvalue weighted by atomic mass is 9.75. The molecule has 2 aliphatic carbocycles. The molecule has 5 atom stereocenters. The van der Waals surface area contributed by atoms with E-state index in [1.54, 1.807) is 0 Å². The summed E-state index contributed by atoms with van der Waals surface area (Å²) in [5.41, 5.74) is 1.73. The van der Waals surface area contributed by atoms with Crippen LogP contribution in [0, 0.1) is 23.6 Å². The zero-order chi connectivity index (χ0) is 22.5. The van der Waals surface area contributed by atoms with Crippen LogP contribution in [0.25, 0.3) is 0 Å². The first-order valence-corrected chi connectivity index (χ1v) is 12.9. The normalized spacial score (nSPS) is 27.1. The maximum atomic E-state index is 13.0. The minimum Gasteiger partial charge on any atom is -0.484 e. The molecule has 33 heavy (non-hydrogen) atoms. The van der Waals surface area contributed by atoms with Gasteiger partial charge in [-0.25, -0.2) is 4.39 Å². The van der Waals surface area contributed by atoms with Crippen molar-refractivity contribution >= 4 is 34.7 Å². The Kier molecular flexibility index (Phi) is 5.30. The Hall–Kier alpha value is -2.58. The van der Waals surface area contributed by atoms with Crippen LogP contribution in [-0.2, 0) is 4.79 Å². The van der Waals surface area contributed by atoms with Crippen LogP contribution < -0.4 is 14.9 Å². The van der Waals surface area contributed by atoms with E-state index in [9.17, 15) is 14.0 Å². The lowest BCUT2D eigenvalue weighted by Crippen LogP contribution is -2.33. The third-order valence-corrected chi connectivity index (χ3v) is 9.83. The van der Waals surface area contributed by atoms with Crippen molar-refractivity contribution in [3.05, 3.63) is 74.5 Å². The highest BCUT2D eigenvalue weighted by atomic mass is 32.2. The van der Waals surface area contributed by atoms with E-state index in [4.69, 9.17) is 4.74 Å². The quantitative estimate of drug-likeness (QED) is 0.521. The fourth-order valence-electron chi connectivity index (χ4n) is 5.87. The number of anilines is 1. The molecule has 2 bridgehead atoms. The standard InChI is InChI=1S/C25H23FN2O3S2/c26-16-5-7-17(8-6-16)27-19(29)12-31-18-9-3-13(4-10-18)20-21-14-1-2-15(11-14)22(21)32-24-23(20)33-25(30)28-24/h3-10,14-15,20-22H,1-2,11-12H2,(H,27,29)(H,28,30)/t14?,15?,20-,21?,22?/m1/s1. The average Bonchev–Trinajstić information content (AvgIpc) is 3.52. The Bertz CT molecular complexity index is 1240. The number of hydrogen-bond donors (Lipinski definition) is 2. The van der Waals surface area contributed by atoms with Crippen LogP contribution in [0.15, 0.2) is 58.4 Å². The van der Waals surface area contributed by atoms with E-state index in [0.717, 1.165) is 16.9 Å². The third kappa shape index (κ3) is 3.89. The van der Waals surface area contributed by atoms with E-state index in [-0.39, 0.29) is 29.1 Å². The Morgan fingerprint density at radius 1 is 1.09 bits per heavy atom. The highest BCUT2D eigenvalue weighted by Crippen LogP contribution is 2.63. The van der Waals surface area contributed by atoms with Crippen LogP contribution >= 0.6 is 23.1 Å². The summed E-state index contributed by atoms with van der Waals surface area (Å²) >= 11 is 3.24. The first-order valence-electron chi connectivity index (χ1n) is 11.2. The molecule has 2 heterocycles. The minimum atomic E-state index is -0.350. The molecule has 1 amide bonds. The van der Waals surface area contributed by atoms with Crippen LogP contribution in [0.3, 0.4) is 0 Å². The number of hydrogen-bond acceptors (Lipinski definition) is 5. The zero-order valence-electron chi connectivity index (χ0n) is 17.8. The summed E-state index contributed by atoms with van der Waals surface area (Å²) in [7, 11) is 0. The summed E-state index contributed by atoms with van der Waals surface area (Å²) in [5.74, 6) is 2.26. The summed E-state index contributed by atoms with van der Waals surface area (Å²) in [5, 5.41) is 4.33. The van der Waals surface area contributed by atoms with Crippen molar-refractivity contribution in [1.82, 2.24) is 4.98 Å². The molecule has 3 aliphatic rings. The Balaban J connectivity index is 1.17. The molecule has 2 aromatic carbocycles. The molecule has 1 aliphatic heterocycles. The predicted octanol–water partition coefficient (Wildman–Crippen LogP) is 5.25. The number of rotatable bonds is 5. The number of fused-ring (bicyclic) bond motifs is 6. The fraction of sp³-hybridized carbons (Fsp3) is 0.360. The molecule has 8 heteroatoms. The van der Waals surface area contributed by atoms with Gasteiger partial charge in [0.25, 0.3) is 5.91 Å². The molecule has 3 aromatic rings. The number of benzene rings is 2. The molecule has 6 rings (SSSR count). The molecule has 0 spiro atoms. The maximum absolute atomic E-state index is 13.0. The van der Waals surface area contributed by atoms with Gasteiger partial charge in [0.05, 0.1) is 5.03 Å². The summed E-state index contributed by atoms with van der Waals surface area (Å²) in [6, 6.07) is 13.6. The number of halogens is 1. The van der Waals surface area contributed by atoms with Gasteiger partial charge in [-0.3, -0.25) is 9.59 Å². The largest absolute Gasteiger partial charge is 0.484 e. The minimum absolute atomic E-state index is 0.0249. The summed E-state index contributed by atoms with van der Waals surface area (Å²) < 4.78 is 18.7. The number of amides is 1. The summed E-state index contributed by atoms with van der Waals surface area (Å²) in [6.45, 7) is -0.130. The van der Waals surface area contributed by atoms with E-state index in [1.807, 2.05) is 23.9 Å². The monoisotopic (exact) mass is 482 g/mol. The van der Waals surface area contributed by atoms with Crippen molar-refractivity contribution in [2.75, 3.05) is 11.9 Å². The van der Waals surface area contributed by atoms with Gasteiger partial charge in [0.2, 0.25) is 0 Å². The van der Waals surface area contributed by atoms with E-state index in [1.165, 1.54) is 65.3 Å². The van der Waals surface area contributed by atoms with Gasteiger partial charge >= 0.3 is 4.87 Å². The topological polar surface area (TPSA) is 71.2 Å². The van der Waals surface area contributed by atoms with Gasteiger partial charge < -0.3 is 15.0 Å². The molecule has 2 saturated carbocycles. The molecule has 2 N–H and O–H groups in total. The predicted molar refractivity (Wildman–Crippen MR) is 128 cm³/mol. The van der Waals surface area contributed by atoms with Crippen LogP contribution in [0.2, 0.25) is 0 Å². The Morgan fingerprint density at radius 3 is 2.64 bits per heavy atom. The highest BCUT2D eigenvalue weighted by Gasteiger charge is 2.54. The molecular weight excluding hydrogens is 459 g/mol. The van der Waals surface area contributed by atoms with E-state index < -0.39 is 0 Å². The van der Waals surface area contributed by atoms with Gasteiger partial charge in [0.1, 0.15) is 11.6 Å². The van der Waals surface area contributed by atoms with Crippen molar-refractivity contribution < 1.29 is 13.9 Å². The van der Waals surface area contributed by atoms with E-state index >= 15 is 0 Å². The third-order valence-electron chi connectivity index (χ3n) is 7.20. The Morgan fingerprint density at radius 2 is 1.85 bits per heavy atom. The number of aromatic amines is 1. The van der Waals surface area contributed by atoms with Crippen molar-refractivity contribution in [3.8, 4) is 5.75 Å². The fourth-order valence-corrected chi connectivity index (χ4v) is 8.77. The van der Waals surface area contributed by atoms with Crippen LogP contribution in [-0.4, -0.2) is 22.7 Å². The molecule has 4 unspecified atom stereocenters. The second-order valence-corrected chi connectivity index (χ2v) is 11.3. The van der Waals surface area contributed by atoms with Gasteiger partial charge in [-0.05, 0) is 79.0 Å². The van der Waals surface area contributed by atoms with Crippen LogP contribution in [0.4, 0.5) is 10.1 Å². The number of ether oxygens (including phenoxy) is 1. The van der Waals surface area contributed by atoms with Gasteiger partial charge in [-0.15, -0.1) is 11.8 Å². The SMILES string of the molecule is O=C(COc1ccc([C@H]2c3sc(=O)[nH]c3SC3C4CCC(C4)C32)cc1)Nc1ccc(F)cc1. The number of aromatic nitrogens is 1. The van der Waals surface area contributed by atoms with E-state index in [0.29, 0.717) is 22.6 Å². The van der Waals surface area contributed by atoms with E-state index in [2.05, 4.69) is 22.4 Å². The molecule has 2 fully saturated rings. The van der Waals surface area contributed by atoms with Crippen molar-refractivity contribution in [2.24, 2.45) is 17.8 Å². The first kappa shape index (κ1) is 21.0. The lowest BCUT2D eigenvalue weighted by molar-refractivity contribution is -0.118. The summed E-state index contributed by atoms with van der Waals surface area (Å²) in [4.78, 5) is 28.6. The molecule has 0 saturated heterocycles. The zero-order valence-corrected chi connectivity index (χ0v) is 19.4. The molecule has 5 nitrogen and oxygen atoms in total. The first-order chi connectivity index (χ1) is 16.0. The van der Waals surface area contributed by atoms with Crippen molar-refractivity contribution in [1.29, 1.82) is 0 Å². The number of thioether (sulfide) groups is 1. The average molecular weight is 483 g/mol. The van der Waals surface area contributed by atoms with Crippen LogP contribution in [0.5, 0.6) is 5.75 Å². The second kappa shape index (κ2) is 8.33. The number of carbonyl (C=O) groups excluding carboxylic acids is 1. The lowest BCUT2D eigenvalue weighted by Gasteiger charge is -2.40. The number of carbonyl (C=O) groups is 1. The van der Waals surface area contributed by atoms with Gasteiger partial charge in [0, 0.05) is 21.7 Å². The van der Waals surface area contributed by atoms with Gasteiger partial charge in [0.15, 0.2) is 6.61 Å². The molecule has 0 radical (unpaired) electrons. The number of H-pyrrole nitrogens is 1.